The van der Waals surface area contributed by atoms with Crippen LogP contribution in [0.5, 0.6) is 0 Å². The summed E-state index contributed by atoms with van der Waals surface area (Å²) in [6.45, 7) is 1.46. The fraction of sp³-hybridized carbons (Fsp3) is 0.556. The lowest BCUT2D eigenvalue weighted by atomic mass is 9.82. The molecule has 1 aliphatic heterocycles. The van der Waals surface area contributed by atoms with Crippen molar-refractivity contribution in [3.63, 3.8) is 0 Å². The van der Waals surface area contributed by atoms with Crippen LogP contribution < -0.4 is 15.1 Å². The molecule has 0 amide bonds. The van der Waals surface area contributed by atoms with Crippen molar-refractivity contribution in [2.75, 3.05) is 42.3 Å². The summed E-state index contributed by atoms with van der Waals surface area (Å²) in [5.74, 6) is 1.90. The van der Waals surface area contributed by atoms with Crippen LogP contribution >= 0.6 is 0 Å². The van der Waals surface area contributed by atoms with Crippen molar-refractivity contribution in [3.8, 4) is 0 Å². The molecule has 0 radical (unpaired) electrons. The van der Waals surface area contributed by atoms with Crippen LogP contribution in [0.1, 0.15) is 37.3 Å². The van der Waals surface area contributed by atoms with Crippen molar-refractivity contribution in [1.82, 2.24) is 19.9 Å². The maximum Gasteiger partial charge on any atom is 0.226 e. The minimum absolute atomic E-state index is 0.196. The highest BCUT2D eigenvalue weighted by Gasteiger charge is 2.30. The third kappa shape index (κ3) is 3.27. The minimum Gasteiger partial charge on any atom is -0.365 e. The molecular weight excluding hydrogens is 333 g/mol. The first-order chi connectivity index (χ1) is 12.6. The molecule has 7 nitrogen and oxygen atoms in total. The summed E-state index contributed by atoms with van der Waals surface area (Å²) in [5, 5.41) is 3.43. The van der Waals surface area contributed by atoms with Crippen LogP contribution in [0.4, 0.5) is 22.0 Å². The largest absolute Gasteiger partial charge is 0.365 e. The molecule has 1 atom stereocenters. The molecule has 0 bridgehead atoms. The van der Waals surface area contributed by atoms with Gasteiger partial charge in [-0.05, 0) is 25.3 Å². The number of hydrogen-bond acceptors (Lipinski definition) is 7. The number of rotatable bonds is 5. The van der Waals surface area contributed by atoms with E-state index in [1.165, 1.54) is 6.33 Å². The maximum absolute atomic E-state index is 14.9. The normalized spacial score (nSPS) is 20.1. The van der Waals surface area contributed by atoms with Gasteiger partial charge < -0.3 is 15.1 Å². The molecule has 4 rings (SSSR count). The summed E-state index contributed by atoms with van der Waals surface area (Å²) >= 11 is 0. The number of halogens is 1. The van der Waals surface area contributed by atoms with Crippen LogP contribution in [-0.2, 0) is 0 Å². The Morgan fingerprint density at radius 1 is 1.19 bits per heavy atom. The third-order valence-corrected chi connectivity index (χ3v) is 5.17. The Morgan fingerprint density at radius 3 is 2.77 bits per heavy atom. The summed E-state index contributed by atoms with van der Waals surface area (Å²) in [6, 6.07) is 2.05. The fourth-order valence-electron chi connectivity index (χ4n) is 3.48. The van der Waals surface area contributed by atoms with Crippen molar-refractivity contribution in [2.24, 2.45) is 0 Å². The van der Waals surface area contributed by atoms with Gasteiger partial charge in [0.15, 0.2) is 11.6 Å². The Balaban J connectivity index is 1.45. The molecule has 2 fully saturated rings. The summed E-state index contributed by atoms with van der Waals surface area (Å²) in [5.41, 5.74) is 0.587. The predicted molar refractivity (Wildman–Crippen MR) is 99.2 cm³/mol. The molecule has 138 valence electrons. The Morgan fingerprint density at radius 2 is 2.04 bits per heavy atom. The van der Waals surface area contributed by atoms with Gasteiger partial charge in [0.05, 0.1) is 5.69 Å². The molecule has 1 N–H and O–H groups in total. The van der Waals surface area contributed by atoms with Crippen LogP contribution in [-0.4, -0.2) is 53.2 Å². The maximum atomic E-state index is 14.9. The summed E-state index contributed by atoms with van der Waals surface area (Å²) in [7, 11) is 3.82. The Bertz CT molecular complexity index is 778. The lowest BCUT2D eigenvalue weighted by molar-refractivity contribution is 0.392. The lowest BCUT2D eigenvalue weighted by Gasteiger charge is -2.26. The average Bonchev–Trinajstić information content (AvgIpc) is 3.03. The molecule has 8 heteroatoms. The van der Waals surface area contributed by atoms with Gasteiger partial charge in [0, 0.05) is 45.3 Å². The van der Waals surface area contributed by atoms with Gasteiger partial charge in [-0.25, -0.2) is 19.3 Å². The van der Waals surface area contributed by atoms with E-state index < -0.39 is 0 Å². The highest BCUT2D eigenvalue weighted by molar-refractivity contribution is 5.46. The smallest absolute Gasteiger partial charge is 0.226 e. The molecule has 26 heavy (non-hydrogen) atoms. The van der Waals surface area contributed by atoms with Gasteiger partial charge in [0.25, 0.3) is 0 Å². The molecule has 1 aliphatic carbocycles. The van der Waals surface area contributed by atoms with Crippen molar-refractivity contribution in [3.05, 3.63) is 30.1 Å². The van der Waals surface area contributed by atoms with Crippen molar-refractivity contribution >= 4 is 17.6 Å². The number of hydrogen-bond donors (Lipinski definition) is 1. The van der Waals surface area contributed by atoms with Gasteiger partial charge in [0.1, 0.15) is 12.1 Å². The molecule has 1 saturated heterocycles. The molecule has 1 unspecified atom stereocenters. The quantitative estimate of drug-likeness (QED) is 0.881. The second-order valence-corrected chi connectivity index (χ2v) is 7.24. The summed E-state index contributed by atoms with van der Waals surface area (Å²) < 4.78 is 14.9. The molecular formula is C18H24FN7. The second kappa shape index (κ2) is 7.01. The van der Waals surface area contributed by atoms with Gasteiger partial charge in [-0.2, -0.15) is 4.98 Å². The van der Waals surface area contributed by atoms with Crippen molar-refractivity contribution < 1.29 is 4.39 Å². The van der Waals surface area contributed by atoms with Crippen LogP contribution in [0, 0.1) is 5.82 Å². The van der Waals surface area contributed by atoms with Gasteiger partial charge >= 0.3 is 0 Å². The van der Waals surface area contributed by atoms with E-state index in [1.807, 2.05) is 30.0 Å². The van der Waals surface area contributed by atoms with Crippen molar-refractivity contribution in [2.45, 2.75) is 37.6 Å². The van der Waals surface area contributed by atoms with E-state index in [9.17, 15) is 4.39 Å². The van der Waals surface area contributed by atoms with Gasteiger partial charge in [0.2, 0.25) is 5.95 Å². The summed E-state index contributed by atoms with van der Waals surface area (Å²) in [4.78, 5) is 21.0. The fourth-order valence-corrected chi connectivity index (χ4v) is 3.48. The Labute approximate surface area is 152 Å². The van der Waals surface area contributed by atoms with E-state index in [1.54, 1.807) is 6.20 Å². The lowest BCUT2D eigenvalue weighted by Crippen LogP contribution is -2.28. The van der Waals surface area contributed by atoms with Crippen molar-refractivity contribution in [1.29, 1.82) is 0 Å². The van der Waals surface area contributed by atoms with Gasteiger partial charge in [-0.15, -0.1) is 0 Å². The first-order valence-corrected chi connectivity index (χ1v) is 9.14. The number of nitrogens with one attached hydrogen (secondary N) is 1. The van der Waals surface area contributed by atoms with Crippen LogP contribution in [0.25, 0.3) is 0 Å². The van der Waals surface area contributed by atoms with E-state index in [0.29, 0.717) is 24.0 Å². The number of aromatic nitrogens is 4. The highest BCUT2D eigenvalue weighted by atomic mass is 19.1. The van der Waals surface area contributed by atoms with Gasteiger partial charge in [-0.1, -0.05) is 6.42 Å². The molecule has 1 saturated carbocycles. The zero-order valence-corrected chi connectivity index (χ0v) is 15.2. The topological polar surface area (TPSA) is 70.1 Å². The van der Waals surface area contributed by atoms with Crippen LogP contribution in [0.2, 0.25) is 0 Å². The predicted octanol–water partition coefficient (Wildman–Crippen LogP) is 2.43. The molecule has 0 spiro atoms. The first kappa shape index (κ1) is 16.9. The third-order valence-electron chi connectivity index (χ3n) is 5.17. The molecule has 2 aromatic heterocycles. The zero-order valence-electron chi connectivity index (χ0n) is 15.2. The Hall–Kier alpha value is -2.51. The van der Waals surface area contributed by atoms with E-state index in [4.69, 9.17) is 0 Å². The highest BCUT2D eigenvalue weighted by Crippen LogP contribution is 2.38. The average molecular weight is 357 g/mol. The SMILES string of the molecule is CN(C)c1nccc(NC2CCN(c3ncnc(C4CCC4)c3F)C2)n1. The minimum atomic E-state index is -0.241. The molecule has 2 aromatic rings. The standard InChI is InChI=1S/C18H24FN7/c1-25(2)18-20-8-6-14(24-18)23-13-7-9-26(10-13)17-15(19)16(21-11-22-17)12-4-3-5-12/h6,8,11-13H,3-5,7,9-10H2,1-2H3,(H,20,23,24). The Kier molecular flexibility index (Phi) is 4.57. The van der Waals surface area contributed by atoms with Crippen LogP contribution in [0.15, 0.2) is 18.6 Å². The molecule has 0 aromatic carbocycles. The van der Waals surface area contributed by atoms with Gasteiger partial charge in [-0.3, -0.25) is 0 Å². The van der Waals surface area contributed by atoms with Crippen LogP contribution in [0.3, 0.4) is 0 Å². The molecule has 3 heterocycles. The second-order valence-electron chi connectivity index (χ2n) is 7.24. The van der Waals surface area contributed by atoms with E-state index in [-0.39, 0.29) is 17.8 Å². The molecule has 2 aliphatic rings. The number of anilines is 3. The summed E-state index contributed by atoms with van der Waals surface area (Å²) in [6.07, 6.45) is 7.36. The zero-order chi connectivity index (χ0) is 18.1. The number of nitrogens with zero attached hydrogens (tertiary/aromatic N) is 6. The first-order valence-electron chi connectivity index (χ1n) is 9.14. The van der Waals surface area contributed by atoms with E-state index >= 15 is 0 Å². The monoisotopic (exact) mass is 357 g/mol. The van der Waals surface area contributed by atoms with E-state index in [0.717, 1.165) is 38.0 Å². The van der Waals surface area contributed by atoms with E-state index in [2.05, 4.69) is 25.3 Å².